The number of hydrogen-bond acceptors (Lipinski definition) is 16. The first-order chi connectivity index (χ1) is 34.0. The summed E-state index contributed by atoms with van der Waals surface area (Å²) in [5.74, 6) is 1.61. The Bertz CT molecular complexity index is 1830. The maximum Gasteiger partial charge on any atom is 0.343 e. The fourth-order valence-electron chi connectivity index (χ4n) is 1.94. The molecule has 4 unspecified atom stereocenters. The molecule has 468 valence electrons. The van der Waals surface area contributed by atoms with E-state index in [0.29, 0.717) is 17.9 Å². The molecule has 0 aromatic carbocycles. The molecule has 0 amide bonds. The largest absolute Gasteiger partial charge is 0.778 e. The van der Waals surface area contributed by atoms with Gasteiger partial charge < -0.3 is 56.3 Å². The number of aromatic nitrogens is 1. The molecule has 1 rings (SSSR count). The Kier molecular flexibility index (Phi) is 68.3. The van der Waals surface area contributed by atoms with Gasteiger partial charge in [0.2, 0.25) is 5.84 Å². The molecule has 0 fully saturated rings. The van der Waals surface area contributed by atoms with Crippen molar-refractivity contribution in [2.24, 2.45) is 36.3 Å². The van der Waals surface area contributed by atoms with Crippen molar-refractivity contribution in [1.82, 2.24) is 5.32 Å². The van der Waals surface area contributed by atoms with Gasteiger partial charge in [-0.05, 0) is 81.1 Å². The second-order valence-electron chi connectivity index (χ2n) is 20.8. The summed E-state index contributed by atoms with van der Waals surface area (Å²) in [6, 6.07) is 7.15. The van der Waals surface area contributed by atoms with Crippen molar-refractivity contribution in [3.8, 4) is 0 Å². The normalized spacial score (nSPS) is 12.6. The number of carbonyl (C=O) groups is 1. The SMILES string of the molecule is CC(C)C.CC(C)C(=O)[O-].CC(C)C(N)=[N+](C)C.CC(C)NC(N)=[N+](C)C.CC(C)S(=O)(=O)[O-].CC(C)S(=O)[O-].CC(C)[N+](C)(C)C.CC(C)[P+](=O)[O-].COP(=O)([O-])C(C)C.COP(=O)([O-])OC(C)C.C[n+]1ccccc1. The highest BCUT2D eigenvalue weighted by Gasteiger charge is 2.11. The lowest BCUT2D eigenvalue weighted by Gasteiger charge is -2.28. The Labute approximate surface area is 473 Å². The average Bonchev–Trinajstić information content (AvgIpc) is 3.24. The Hall–Kier alpha value is -2.34. The number of amidine groups is 1. The summed E-state index contributed by atoms with van der Waals surface area (Å²) in [6.07, 6.45) is 3.65. The number of phosphoric ester groups is 1. The first-order valence-corrected chi connectivity index (χ1v) is 31.8. The number of phosphoric acid groups is 1. The molecule has 4 atom stereocenters. The van der Waals surface area contributed by atoms with Crippen molar-refractivity contribution < 1.29 is 91.8 Å². The number of nitrogens with zero attached hydrogens (tertiary/aromatic N) is 4. The average molecular weight is 1210 g/mol. The van der Waals surface area contributed by atoms with Crippen LogP contribution in [0.2, 0.25) is 0 Å². The van der Waals surface area contributed by atoms with Gasteiger partial charge in [-0.2, -0.15) is 0 Å². The van der Waals surface area contributed by atoms with E-state index >= 15 is 0 Å². The molecule has 0 aliphatic carbocycles. The van der Waals surface area contributed by atoms with Gasteiger partial charge in [0.25, 0.3) is 7.82 Å². The number of nitrogens with one attached hydrogen (secondary N) is 1. The van der Waals surface area contributed by atoms with E-state index in [1.807, 2.05) is 79.5 Å². The highest BCUT2D eigenvalue weighted by atomic mass is 32.2. The molecule has 0 spiro atoms. The molecule has 0 radical (unpaired) electrons. The third-order valence-corrected chi connectivity index (χ3v) is 13.4. The van der Waals surface area contributed by atoms with Gasteiger partial charge in [0.1, 0.15) is 20.3 Å². The number of carboxylic acids is 1. The third-order valence-electron chi connectivity index (χ3n) is 7.75. The second kappa shape index (κ2) is 54.3. The summed E-state index contributed by atoms with van der Waals surface area (Å²) in [5.41, 5.74) is 10.5. The quantitative estimate of drug-likeness (QED) is 0.0498. The van der Waals surface area contributed by atoms with Crippen LogP contribution in [0.4, 0.5) is 0 Å². The van der Waals surface area contributed by atoms with Crippen LogP contribution < -0.4 is 41.1 Å². The summed E-state index contributed by atoms with van der Waals surface area (Å²) in [4.78, 5) is 40.2. The molecule has 0 bridgehead atoms. The van der Waals surface area contributed by atoms with Crippen molar-refractivity contribution >= 4 is 62.4 Å². The Morgan fingerprint density at radius 2 is 1.04 bits per heavy atom. The Balaban J connectivity index is -0.0000000806. The molecule has 0 saturated heterocycles. The topological polar surface area (TPSA) is 360 Å². The molecule has 0 aliphatic rings. The van der Waals surface area contributed by atoms with Crippen LogP contribution >= 0.6 is 23.4 Å². The summed E-state index contributed by atoms with van der Waals surface area (Å²) >= 11 is -1.87. The minimum Gasteiger partial charge on any atom is -0.778 e. The van der Waals surface area contributed by atoms with Crippen LogP contribution in [0.5, 0.6) is 0 Å². The maximum atomic E-state index is 10.5. The van der Waals surface area contributed by atoms with E-state index in [9.17, 15) is 60.0 Å². The number of pyridine rings is 1. The van der Waals surface area contributed by atoms with E-state index in [1.165, 1.54) is 21.0 Å². The summed E-state index contributed by atoms with van der Waals surface area (Å²) in [7, 11) is 4.93. The monoisotopic (exact) mass is 1210 g/mol. The number of carboxylic acid groups (broad SMARTS) is 1. The van der Waals surface area contributed by atoms with Crippen LogP contribution in [0, 0.1) is 17.8 Å². The highest BCUT2D eigenvalue weighted by molar-refractivity contribution is 7.86. The molecule has 0 saturated carbocycles. The molecule has 1 aromatic heterocycles. The van der Waals surface area contributed by atoms with Gasteiger partial charge in [0.15, 0.2) is 12.4 Å². The first kappa shape index (κ1) is 96.9. The number of nitrogens with two attached hydrogens (primary N) is 2. The van der Waals surface area contributed by atoms with E-state index in [0.717, 1.165) is 29.4 Å². The van der Waals surface area contributed by atoms with Crippen molar-refractivity contribution in [2.45, 2.75) is 185 Å². The fraction of sp³-hybridized carbons (Fsp3) is 0.837. The van der Waals surface area contributed by atoms with Gasteiger partial charge in [0.05, 0.1) is 83.6 Å². The lowest BCUT2D eigenvalue weighted by Crippen LogP contribution is -2.41. The molecule has 0 aliphatic heterocycles. The number of quaternary nitrogens is 1. The van der Waals surface area contributed by atoms with Crippen molar-refractivity contribution in [2.75, 3.05) is 63.6 Å². The van der Waals surface area contributed by atoms with Gasteiger partial charge in [-0.15, -0.1) is 0 Å². The van der Waals surface area contributed by atoms with E-state index in [1.54, 1.807) is 69.2 Å². The summed E-state index contributed by atoms with van der Waals surface area (Å²) in [6.45, 7) is 38.0. The first-order valence-electron chi connectivity index (χ1n) is 24.9. The molecule has 1 aromatic rings. The van der Waals surface area contributed by atoms with Crippen LogP contribution in [0.15, 0.2) is 30.6 Å². The third kappa shape index (κ3) is 96.3. The molecule has 28 heteroatoms. The summed E-state index contributed by atoms with van der Waals surface area (Å²) < 4.78 is 98.8. The van der Waals surface area contributed by atoms with Crippen LogP contribution in [0.25, 0.3) is 0 Å². The van der Waals surface area contributed by atoms with Crippen LogP contribution in [0.3, 0.4) is 0 Å². The predicted molar refractivity (Wildman–Crippen MR) is 309 cm³/mol. The van der Waals surface area contributed by atoms with Gasteiger partial charge in [0, 0.05) is 48.5 Å². The van der Waals surface area contributed by atoms with Crippen LogP contribution in [-0.2, 0) is 60.3 Å². The zero-order valence-corrected chi connectivity index (χ0v) is 57.6. The standard InChI is InChI=1S/C6H15N3.C6H14N2.C6H8N.C6H16N.C4H11O4P.C4H11O3P.C4H8O2.C4H10.C3H8O3S.C3H7O2P.C3H8O2S/c1-5(2)8-6(7)9(3)4;1-5(2)6(7)8(3)4;1-7-5-3-2-4-6-7;1-6(2)7(3,4)5;1-4(2)8-9(5,6)7-3;1-4(2)8(5,6)7-3;1-3(2)4(5)6;1-4(2)3;1-3(2)7(4,5)6;2*1-3(2)6(4)5/h5H,1-4H3,(H2,7,8);5,7H,1-4H3;2-6H,1H3;6H,1-5H3;4H,1-3H3,(H,5,6);4H,1-3H3,(H,5,6);3H,1-2H3,(H,5,6);4H,1-3H3;3H,1-2H3,(H,4,5,6);3H,1-2H3;3H,1-2H3,(H,4,5)/q;;2*+1;;;;;;;/p-3. The highest BCUT2D eigenvalue weighted by Crippen LogP contribution is 2.40. The Morgan fingerprint density at radius 3 is 1.09 bits per heavy atom. The van der Waals surface area contributed by atoms with E-state index in [-0.39, 0.29) is 22.9 Å². The molecular formula is C49H113N7O16P3S2-. The smallest absolute Gasteiger partial charge is 0.343 e. The minimum atomic E-state index is -3.99. The van der Waals surface area contributed by atoms with Gasteiger partial charge >= 0.3 is 14.0 Å². The maximum absolute atomic E-state index is 10.5. The lowest BCUT2D eigenvalue weighted by atomic mass is 10.2. The number of aliphatic carboxylic acids is 1. The van der Waals surface area contributed by atoms with Gasteiger partial charge in [-0.3, -0.25) is 34.7 Å². The molecule has 5 N–H and O–H groups in total. The fourth-order valence-corrected chi connectivity index (χ4v) is 2.96. The van der Waals surface area contributed by atoms with Crippen LogP contribution in [-0.4, -0.2) is 157 Å². The zero-order chi connectivity index (χ0) is 64.8. The second-order valence-corrected chi connectivity index (χ2v) is 29.8. The van der Waals surface area contributed by atoms with E-state index in [4.69, 9.17) is 11.5 Å². The number of hydrogen-bond donors (Lipinski definition) is 3. The zero-order valence-electron chi connectivity index (χ0n) is 53.3. The lowest BCUT2D eigenvalue weighted by molar-refractivity contribution is -0.891. The molecule has 23 nitrogen and oxygen atoms in total. The number of aryl methyl sites for hydroxylation is 1. The van der Waals surface area contributed by atoms with Crippen molar-refractivity contribution in [3.63, 3.8) is 0 Å². The molecule has 1 heterocycles. The van der Waals surface area contributed by atoms with E-state index < -0.39 is 61.5 Å². The predicted octanol–water partition coefficient (Wildman–Crippen LogP) is 4.34. The Morgan fingerprint density at radius 1 is 0.740 bits per heavy atom. The number of carbonyl (C=O) groups excluding carboxylic acids is 1. The molecule has 77 heavy (non-hydrogen) atoms. The van der Waals surface area contributed by atoms with Crippen LogP contribution in [0.1, 0.15) is 145 Å². The minimum absolute atomic E-state index is 0.194. The number of guanidine groups is 1. The number of rotatable bonds is 12. The van der Waals surface area contributed by atoms with Crippen molar-refractivity contribution in [1.29, 1.82) is 0 Å². The van der Waals surface area contributed by atoms with Crippen molar-refractivity contribution in [3.05, 3.63) is 30.6 Å². The van der Waals surface area contributed by atoms with E-state index in [2.05, 4.69) is 102 Å². The molecular weight excluding hydrogens is 1100 g/mol. The summed E-state index contributed by atoms with van der Waals surface area (Å²) in [5, 5.41) is 11.6. The van der Waals surface area contributed by atoms with Gasteiger partial charge in [-0.1, -0.05) is 97.9 Å². The van der Waals surface area contributed by atoms with Gasteiger partial charge in [-0.25, -0.2) is 13.0 Å².